The van der Waals surface area contributed by atoms with E-state index in [-0.39, 0.29) is 12.5 Å². The van der Waals surface area contributed by atoms with Crippen LogP contribution in [0.3, 0.4) is 0 Å². The van der Waals surface area contributed by atoms with Crippen molar-refractivity contribution >= 4 is 44.8 Å². The maximum Gasteiger partial charge on any atom is 0.262 e. The summed E-state index contributed by atoms with van der Waals surface area (Å²) in [5.74, 6) is 0.405. The van der Waals surface area contributed by atoms with Gasteiger partial charge in [0.2, 0.25) is 0 Å². The first kappa shape index (κ1) is 20.2. The molecule has 144 valence electrons. The maximum absolute atomic E-state index is 12.1. The van der Waals surface area contributed by atoms with Crippen molar-refractivity contribution in [1.29, 1.82) is 0 Å². The van der Waals surface area contributed by atoms with Crippen molar-refractivity contribution in [2.45, 2.75) is 13.5 Å². The Kier molecular flexibility index (Phi) is 6.95. The van der Waals surface area contributed by atoms with Crippen LogP contribution in [-0.4, -0.2) is 12.5 Å². The molecule has 0 heterocycles. The van der Waals surface area contributed by atoms with Gasteiger partial charge in [0, 0.05) is 12.2 Å². The molecule has 3 aromatic carbocycles. The third-order valence-corrected chi connectivity index (χ3v) is 4.96. The molecule has 0 saturated carbocycles. The number of rotatable bonds is 7. The molecule has 0 aliphatic heterocycles. The van der Waals surface area contributed by atoms with Gasteiger partial charge < -0.3 is 15.4 Å². The van der Waals surface area contributed by atoms with E-state index in [1.165, 1.54) is 0 Å². The highest BCUT2D eigenvalue weighted by Crippen LogP contribution is 2.27. The summed E-state index contributed by atoms with van der Waals surface area (Å²) in [6, 6.07) is 21.0. The number of carbonyl (C=O) groups excluding carboxylic acids is 1. The van der Waals surface area contributed by atoms with Gasteiger partial charge >= 0.3 is 0 Å². The number of anilines is 2. The minimum Gasteiger partial charge on any atom is -0.483 e. The summed E-state index contributed by atoms with van der Waals surface area (Å²) in [5, 5.41) is 6.81. The zero-order valence-corrected chi connectivity index (χ0v) is 17.7. The summed E-state index contributed by atoms with van der Waals surface area (Å²) in [6.07, 6.45) is 0. The molecule has 2 N–H and O–H groups in total. The van der Waals surface area contributed by atoms with Crippen LogP contribution in [0.5, 0.6) is 5.75 Å². The molecule has 3 rings (SSSR count). The highest BCUT2D eigenvalue weighted by molar-refractivity contribution is 9.10. The second kappa shape index (κ2) is 9.62. The molecule has 0 spiro atoms. The van der Waals surface area contributed by atoms with E-state index in [1.807, 2.05) is 73.7 Å². The van der Waals surface area contributed by atoms with Crippen LogP contribution in [0.25, 0.3) is 0 Å². The van der Waals surface area contributed by atoms with E-state index in [9.17, 15) is 4.79 Å². The van der Waals surface area contributed by atoms with Crippen LogP contribution in [0.4, 0.5) is 11.4 Å². The number of hydrogen-bond donors (Lipinski definition) is 2. The van der Waals surface area contributed by atoms with Crippen molar-refractivity contribution in [1.82, 2.24) is 0 Å². The smallest absolute Gasteiger partial charge is 0.262 e. The molecule has 0 bridgehead atoms. The Bertz CT molecular complexity index is 978. The van der Waals surface area contributed by atoms with Crippen LogP contribution in [0.2, 0.25) is 5.02 Å². The van der Waals surface area contributed by atoms with Crippen molar-refractivity contribution in [3.05, 3.63) is 87.4 Å². The molecule has 0 radical (unpaired) electrons. The minimum absolute atomic E-state index is 0.0657. The second-order valence-corrected chi connectivity index (χ2v) is 7.57. The zero-order chi connectivity index (χ0) is 19.9. The number of ether oxygens (including phenoxy) is 1. The van der Waals surface area contributed by atoms with Gasteiger partial charge in [0.25, 0.3) is 5.91 Å². The number of hydrogen-bond acceptors (Lipinski definition) is 3. The lowest BCUT2D eigenvalue weighted by Crippen LogP contribution is -2.20. The Morgan fingerprint density at radius 3 is 2.64 bits per heavy atom. The molecule has 4 nitrogen and oxygen atoms in total. The van der Waals surface area contributed by atoms with E-state index in [1.54, 1.807) is 0 Å². The predicted molar refractivity (Wildman–Crippen MR) is 118 cm³/mol. The first-order valence-corrected chi connectivity index (χ1v) is 9.94. The third-order valence-electron chi connectivity index (χ3n) is 4.01. The SMILES string of the molecule is Cc1cccc(NC(=O)COc2ccc(CNc3ccccc3Cl)cc2Br)c1. The fourth-order valence-corrected chi connectivity index (χ4v) is 3.38. The maximum atomic E-state index is 12.1. The van der Waals surface area contributed by atoms with Crippen molar-refractivity contribution in [3.63, 3.8) is 0 Å². The van der Waals surface area contributed by atoms with Gasteiger partial charge in [-0.05, 0) is 70.4 Å². The van der Waals surface area contributed by atoms with Crippen molar-refractivity contribution in [2.75, 3.05) is 17.2 Å². The molecule has 3 aromatic rings. The first-order chi connectivity index (χ1) is 13.5. The summed E-state index contributed by atoms with van der Waals surface area (Å²) >= 11 is 9.66. The van der Waals surface area contributed by atoms with E-state index in [0.717, 1.165) is 27.0 Å². The van der Waals surface area contributed by atoms with Crippen LogP contribution in [0, 0.1) is 6.92 Å². The number of para-hydroxylation sites is 1. The van der Waals surface area contributed by atoms with Crippen molar-refractivity contribution < 1.29 is 9.53 Å². The third kappa shape index (κ3) is 5.75. The molecule has 0 fully saturated rings. The van der Waals surface area contributed by atoms with Gasteiger partial charge in [-0.25, -0.2) is 0 Å². The Morgan fingerprint density at radius 1 is 1.07 bits per heavy atom. The van der Waals surface area contributed by atoms with Crippen LogP contribution < -0.4 is 15.4 Å². The molecule has 0 unspecified atom stereocenters. The Balaban J connectivity index is 1.54. The van der Waals surface area contributed by atoms with Crippen LogP contribution in [0.15, 0.2) is 71.2 Å². The first-order valence-electron chi connectivity index (χ1n) is 8.77. The van der Waals surface area contributed by atoms with Gasteiger partial charge in [-0.2, -0.15) is 0 Å². The fraction of sp³-hybridized carbons (Fsp3) is 0.136. The molecule has 1 amide bonds. The number of aryl methyl sites for hydroxylation is 1. The Labute approximate surface area is 178 Å². The lowest BCUT2D eigenvalue weighted by molar-refractivity contribution is -0.118. The van der Waals surface area contributed by atoms with E-state index >= 15 is 0 Å². The summed E-state index contributed by atoms with van der Waals surface area (Å²) in [7, 11) is 0. The Morgan fingerprint density at radius 2 is 1.89 bits per heavy atom. The van der Waals surface area contributed by atoms with Crippen LogP contribution >= 0.6 is 27.5 Å². The number of carbonyl (C=O) groups is 1. The highest BCUT2D eigenvalue weighted by Gasteiger charge is 2.08. The molecular weight excluding hydrogens is 440 g/mol. The second-order valence-electron chi connectivity index (χ2n) is 6.30. The molecule has 6 heteroatoms. The van der Waals surface area contributed by atoms with Crippen LogP contribution in [-0.2, 0) is 11.3 Å². The van der Waals surface area contributed by atoms with Crippen LogP contribution in [0.1, 0.15) is 11.1 Å². The number of halogens is 2. The van der Waals surface area contributed by atoms with E-state index in [2.05, 4.69) is 26.6 Å². The molecule has 0 aromatic heterocycles. The lowest BCUT2D eigenvalue weighted by Gasteiger charge is -2.12. The number of amides is 1. The topological polar surface area (TPSA) is 50.4 Å². The number of benzene rings is 3. The quantitative estimate of drug-likeness (QED) is 0.453. The molecular formula is C22H20BrClN2O2. The van der Waals surface area contributed by atoms with Gasteiger partial charge in [-0.15, -0.1) is 0 Å². The van der Waals surface area contributed by atoms with E-state index in [4.69, 9.17) is 16.3 Å². The van der Waals surface area contributed by atoms with Gasteiger partial charge in [0.15, 0.2) is 6.61 Å². The molecule has 28 heavy (non-hydrogen) atoms. The van der Waals surface area contributed by atoms with Crippen molar-refractivity contribution in [2.24, 2.45) is 0 Å². The molecule has 0 aliphatic carbocycles. The van der Waals surface area contributed by atoms with E-state index in [0.29, 0.717) is 17.3 Å². The summed E-state index contributed by atoms with van der Waals surface area (Å²) in [6.45, 7) is 2.53. The lowest BCUT2D eigenvalue weighted by atomic mass is 10.2. The summed E-state index contributed by atoms with van der Waals surface area (Å²) < 4.78 is 6.42. The standard InChI is InChI=1S/C22H20BrClN2O2/c1-15-5-4-6-17(11-15)26-22(27)14-28-21-10-9-16(12-18(21)23)13-25-20-8-3-2-7-19(20)24/h2-12,25H,13-14H2,1H3,(H,26,27). The fourth-order valence-electron chi connectivity index (χ4n) is 2.64. The normalized spacial score (nSPS) is 10.4. The van der Waals surface area contributed by atoms with Gasteiger partial charge in [0.1, 0.15) is 5.75 Å². The predicted octanol–water partition coefficient (Wildman–Crippen LogP) is 6.04. The average Bonchev–Trinajstić information content (AvgIpc) is 2.66. The monoisotopic (exact) mass is 458 g/mol. The van der Waals surface area contributed by atoms with E-state index < -0.39 is 0 Å². The number of nitrogens with one attached hydrogen (secondary N) is 2. The van der Waals surface area contributed by atoms with Gasteiger partial charge in [-0.1, -0.05) is 41.9 Å². The largest absolute Gasteiger partial charge is 0.483 e. The van der Waals surface area contributed by atoms with Gasteiger partial charge in [0.05, 0.1) is 15.2 Å². The summed E-state index contributed by atoms with van der Waals surface area (Å²) in [5.41, 5.74) is 3.79. The van der Waals surface area contributed by atoms with Crippen molar-refractivity contribution in [3.8, 4) is 5.75 Å². The molecule has 0 atom stereocenters. The Hall–Kier alpha value is -2.50. The van der Waals surface area contributed by atoms with Gasteiger partial charge in [-0.3, -0.25) is 4.79 Å². The minimum atomic E-state index is -0.207. The summed E-state index contributed by atoms with van der Waals surface area (Å²) in [4.78, 5) is 12.1. The molecule has 0 aliphatic rings. The highest BCUT2D eigenvalue weighted by atomic mass is 79.9. The average molecular weight is 460 g/mol. The zero-order valence-electron chi connectivity index (χ0n) is 15.3. The molecule has 0 saturated heterocycles.